The number of methoxy groups -OCH3 is 1. The van der Waals surface area contributed by atoms with Crippen molar-refractivity contribution in [2.75, 3.05) is 19.0 Å². The highest BCUT2D eigenvalue weighted by molar-refractivity contribution is 14.0. The van der Waals surface area contributed by atoms with E-state index in [1.165, 1.54) is 24.3 Å². The SMILES string of the molecule is CCOc1ccc(CN=C(N)Nc2ccc(OC(F)(F)F)cc2)cc1OC.I. The van der Waals surface area contributed by atoms with Gasteiger partial charge in [0.25, 0.3) is 0 Å². The van der Waals surface area contributed by atoms with Gasteiger partial charge in [0.05, 0.1) is 20.3 Å². The minimum Gasteiger partial charge on any atom is -0.493 e. The van der Waals surface area contributed by atoms with Gasteiger partial charge in [-0.2, -0.15) is 0 Å². The molecule has 0 radical (unpaired) electrons. The Labute approximate surface area is 177 Å². The zero-order valence-electron chi connectivity index (χ0n) is 15.2. The lowest BCUT2D eigenvalue weighted by molar-refractivity contribution is -0.274. The number of alkyl halides is 3. The van der Waals surface area contributed by atoms with E-state index in [1.54, 1.807) is 19.2 Å². The number of nitrogens with one attached hydrogen (secondary N) is 1. The van der Waals surface area contributed by atoms with E-state index >= 15 is 0 Å². The third kappa shape index (κ3) is 7.71. The number of anilines is 1. The maximum absolute atomic E-state index is 12.1. The van der Waals surface area contributed by atoms with Crippen LogP contribution in [0.2, 0.25) is 0 Å². The summed E-state index contributed by atoms with van der Waals surface area (Å²) in [6, 6.07) is 10.6. The molecule has 6 nitrogen and oxygen atoms in total. The molecule has 0 spiro atoms. The number of guanidine groups is 1. The lowest BCUT2D eigenvalue weighted by atomic mass is 10.2. The number of benzene rings is 2. The van der Waals surface area contributed by atoms with Crippen molar-refractivity contribution in [2.24, 2.45) is 10.7 Å². The average Bonchev–Trinajstić information content (AvgIpc) is 2.61. The molecule has 0 aromatic heterocycles. The van der Waals surface area contributed by atoms with Gasteiger partial charge in [-0.3, -0.25) is 0 Å². The van der Waals surface area contributed by atoms with E-state index in [9.17, 15) is 13.2 Å². The molecule has 0 aliphatic rings. The molecule has 2 aromatic rings. The Morgan fingerprint density at radius 1 is 1.11 bits per heavy atom. The van der Waals surface area contributed by atoms with Crippen LogP contribution in [0.15, 0.2) is 47.5 Å². The summed E-state index contributed by atoms with van der Waals surface area (Å²) in [6.07, 6.45) is -4.73. The van der Waals surface area contributed by atoms with Gasteiger partial charge in [0, 0.05) is 5.69 Å². The predicted molar refractivity (Wildman–Crippen MR) is 112 cm³/mol. The van der Waals surface area contributed by atoms with Crippen LogP contribution in [-0.4, -0.2) is 26.0 Å². The molecule has 28 heavy (non-hydrogen) atoms. The summed E-state index contributed by atoms with van der Waals surface area (Å²) in [4.78, 5) is 4.20. The first-order valence-corrected chi connectivity index (χ1v) is 8.03. The van der Waals surface area contributed by atoms with Crippen LogP contribution in [0, 0.1) is 0 Å². The van der Waals surface area contributed by atoms with Crippen molar-refractivity contribution in [1.29, 1.82) is 0 Å². The van der Waals surface area contributed by atoms with Crippen molar-refractivity contribution in [1.82, 2.24) is 0 Å². The van der Waals surface area contributed by atoms with E-state index in [4.69, 9.17) is 15.2 Å². The fourth-order valence-electron chi connectivity index (χ4n) is 2.19. The highest BCUT2D eigenvalue weighted by Gasteiger charge is 2.30. The van der Waals surface area contributed by atoms with Crippen molar-refractivity contribution in [3.63, 3.8) is 0 Å². The summed E-state index contributed by atoms with van der Waals surface area (Å²) in [5.74, 6) is 1.04. The Balaban J connectivity index is 0.00000392. The van der Waals surface area contributed by atoms with Crippen LogP contribution in [0.25, 0.3) is 0 Å². The number of nitrogens with two attached hydrogens (primary N) is 1. The second kappa shape index (κ2) is 10.8. The number of hydrogen-bond donors (Lipinski definition) is 2. The zero-order valence-corrected chi connectivity index (χ0v) is 17.6. The van der Waals surface area contributed by atoms with Crippen LogP contribution in [0.4, 0.5) is 18.9 Å². The first-order chi connectivity index (χ1) is 12.8. The summed E-state index contributed by atoms with van der Waals surface area (Å²) >= 11 is 0. The van der Waals surface area contributed by atoms with Gasteiger partial charge in [0.2, 0.25) is 0 Å². The molecule has 154 valence electrons. The minimum atomic E-state index is -4.73. The zero-order chi connectivity index (χ0) is 19.9. The van der Waals surface area contributed by atoms with Gasteiger partial charge in [-0.25, -0.2) is 4.99 Å². The number of ether oxygens (including phenoxy) is 3. The molecule has 0 bridgehead atoms. The number of rotatable bonds is 7. The average molecular weight is 511 g/mol. The van der Waals surface area contributed by atoms with E-state index < -0.39 is 6.36 Å². The fourth-order valence-corrected chi connectivity index (χ4v) is 2.19. The highest BCUT2D eigenvalue weighted by atomic mass is 127. The highest BCUT2D eigenvalue weighted by Crippen LogP contribution is 2.28. The Kier molecular flexibility index (Phi) is 9.16. The van der Waals surface area contributed by atoms with Crippen molar-refractivity contribution < 1.29 is 27.4 Å². The van der Waals surface area contributed by atoms with Gasteiger partial charge in [0.1, 0.15) is 5.75 Å². The Hall–Kier alpha value is -2.37. The van der Waals surface area contributed by atoms with Crippen LogP contribution >= 0.6 is 24.0 Å². The molecule has 0 aliphatic carbocycles. The van der Waals surface area contributed by atoms with Crippen LogP contribution < -0.4 is 25.3 Å². The van der Waals surface area contributed by atoms with Crippen molar-refractivity contribution in [3.05, 3.63) is 48.0 Å². The standard InChI is InChI=1S/C18H20F3N3O3.HI/c1-3-26-15-9-4-12(10-16(15)25-2)11-23-17(22)24-13-5-7-14(8-6-13)27-18(19,20)21;/h4-10H,3,11H2,1-2H3,(H3,22,23,24);1H. The third-order valence-electron chi connectivity index (χ3n) is 3.32. The van der Waals surface area contributed by atoms with Gasteiger partial charge in [-0.05, 0) is 48.9 Å². The van der Waals surface area contributed by atoms with Crippen LogP contribution in [-0.2, 0) is 6.54 Å². The first-order valence-electron chi connectivity index (χ1n) is 8.03. The van der Waals surface area contributed by atoms with E-state index in [0.29, 0.717) is 23.8 Å². The molecular weight excluding hydrogens is 490 g/mol. The third-order valence-corrected chi connectivity index (χ3v) is 3.32. The lowest BCUT2D eigenvalue weighted by Crippen LogP contribution is -2.22. The molecular formula is C18H21F3IN3O3. The van der Waals surface area contributed by atoms with Crippen LogP contribution in [0.1, 0.15) is 12.5 Å². The van der Waals surface area contributed by atoms with Crippen LogP contribution in [0.5, 0.6) is 17.2 Å². The second-order valence-electron chi connectivity index (χ2n) is 5.32. The molecule has 10 heteroatoms. The summed E-state index contributed by atoms with van der Waals surface area (Å²) < 4.78 is 51.0. The maximum atomic E-state index is 12.1. The summed E-state index contributed by atoms with van der Waals surface area (Å²) in [5.41, 5.74) is 7.15. The molecule has 0 heterocycles. The molecule has 0 saturated heterocycles. The Morgan fingerprint density at radius 2 is 1.79 bits per heavy atom. The molecule has 0 atom stereocenters. The summed E-state index contributed by atoms with van der Waals surface area (Å²) in [7, 11) is 1.55. The molecule has 0 saturated carbocycles. The topological polar surface area (TPSA) is 78.1 Å². The molecule has 2 rings (SSSR count). The normalized spacial score (nSPS) is 11.4. The number of aliphatic imine (C=N–C) groups is 1. The monoisotopic (exact) mass is 511 g/mol. The number of halogens is 4. The molecule has 0 amide bonds. The molecule has 0 aliphatic heterocycles. The van der Waals surface area contributed by atoms with Crippen molar-refractivity contribution >= 4 is 35.6 Å². The number of hydrogen-bond acceptors (Lipinski definition) is 4. The Bertz CT molecular complexity index is 784. The maximum Gasteiger partial charge on any atom is 0.573 e. The predicted octanol–water partition coefficient (Wildman–Crippen LogP) is 4.54. The lowest BCUT2D eigenvalue weighted by Gasteiger charge is -2.11. The smallest absolute Gasteiger partial charge is 0.493 e. The molecule has 0 unspecified atom stereocenters. The van der Waals surface area contributed by atoms with Crippen molar-refractivity contribution in [2.45, 2.75) is 19.8 Å². The molecule has 0 fully saturated rings. The second-order valence-corrected chi connectivity index (χ2v) is 5.32. The quantitative estimate of drug-likeness (QED) is 0.325. The summed E-state index contributed by atoms with van der Waals surface area (Å²) in [5, 5.41) is 2.80. The van der Waals surface area contributed by atoms with E-state index in [-0.39, 0.29) is 42.2 Å². The van der Waals surface area contributed by atoms with E-state index in [0.717, 1.165) is 5.56 Å². The fraction of sp³-hybridized carbons (Fsp3) is 0.278. The van der Waals surface area contributed by atoms with Gasteiger partial charge in [0.15, 0.2) is 17.5 Å². The summed E-state index contributed by atoms with van der Waals surface area (Å²) in [6.45, 7) is 2.69. The number of nitrogens with zero attached hydrogens (tertiary/aromatic N) is 1. The van der Waals surface area contributed by atoms with Gasteiger partial charge in [-0.15, -0.1) is 37.1 Å². The minimum absolute atomic E-state index is 0. The van der Waals surface area contributed by atoms with Crippen molar-refractivity contribution in [3.8, 4) is 17.2 Å². The van der Waals surface area contributed by atoms with Gasteiger partial charge >= 0.3 is 6.36 Å². The Morgan fingerprint density at radius 3 is 2.36 bits per heavy atom. The van der Waals surface area contributed by atoms with Gasteiger partial charge < -0.3 is 25.3 Å². The first kappa shape index (κ1) is 23.7. The van der Waals surface area contributed by atoms with Gasteiger partial charge in [-0.1, -0.05) is 6.07 Å². The van der Waals surface area contributed by atoms with E-state index in [1.807, 2.05) is 13.0 Å². The molecule has 3 N–H and O–H groups in total. The van der Waals surface area contributed by atoms with Crippen LogP contribution in [0.3, 0.4) is 0 Å². The largest absolute Gasteiger partial charge is 0.573 e. The molecule has 2 aromatic carbocycles. The van der Waals surface area contributed by atoms with E-state index in [2.05, 4.69) is 15.0 Å².